The Kier molecular flexibility index (Phi) is 17.9. The molecule has 52 heavy (non-hydrogen) atoms. The molecule has 1 saturated heterocycles. The van der Waals surface area contributed by atoms with Gasteiger partial charge >= 0.3 is 5.97 Å². The highest BCUT2D eigenvalue weighted by Gasteiger charge is 2.47. The largest absolute Gasteiger partial charge is 0.490 e. The van der Waals surface area contributed by atoms with Crippen molar-refractivity contribution in [2.75, 3.05) is 33.9 Å². The van der Waals surface area contributed by atoms with Crippen molar-refractivity contribution in [1.29, 1.82) is 0 Å². The molecule has 2 heterocycles. The van der Waals surface area contributed by atoms with Crippen LogP contribution in [0.15, 0.2) is 59.3 Å². The molecule has 0 bridgehead atoms. The maximum atomic E-state index is 13.2. The van der Waals surface area contributed by atoms with Crippen LogP contribution in [0, 0.1) is 23.7 Å². The summed E-state index contributed by atoms with van der Waals surface area (Å²) < 4.78 is 24.0. The zero-order chi connectivity index (χ0) is 38.4. The van der Waals surface area contributed by atoms with Crippen molar-refractivity contribution in [3.63, 3.8) is 0 Å². The molecule has 1 aromatic rings. The van der Waals surface area contributed by atoms with E-state index in [4.69, 9.17) is 23.8 Å². The van der Waals surface area contributed by atoms with Gasteiger partial charge in [-0.1, -0.05) is 61.9 Å². The molecule has 2 aliphatic heterocycles. The Morgan fingerprint density at radius 3 is 2.38 bits per heavy atom. The normalized spacial score (nSPS) is 34.8. The van der Waals surface area contributed by atoms with Crippen molar-refractivity contribution >= 4 is 18.0 Å². The summed E-state index contributed by atoms with van der Waals surface area (Å²) in [5.41, 5.74) is 1.36. The molecule has 1 aromatic carbocycles. The minimum Gasteiger partial charge on any atom is -0.490 e. The molecule has 292 valence electrons. The average molecular weight is 733 g/mol. The molecule has 1 fully saturated rings. The maximum Gasteiger partial charge on any atom is 0.308 e. The molecule has 0 spiro atoms. The van der Waals surface area contributed by atoms with E-state index in [1.807, 2.05) is 69.3 Å². The Bertz CT molecular complexity index is 1320. The molecule has 0 radical (unpaired) electrons. The molecule has 2 aliphatic rings. The van der Waals surface area contributed by atoms with Crippen LogP contribution in [0.2, 0.25) is 0 Å². The van der Waals surface area contributed by atoms with Gasteiger partial charge in [-0.05, 0) is 64.9 Å². The summed E-state index contributed by atoms with van der Waals surface area (Å²) in [6, 6.07) is 8.64. The second-order valence-corrected chi connectivity index (χ2v) is 14.2. The number of rotatable bonds is 12. The van der Waals surface area contributed by atoms with Crippen LogP contribution in [0.25, 0.3) is 0 Å². The molecule has 12 atom stereocenters. The van der Waals surface area contributed by atoms with Crippen molar-refractivity contribution in [2.24, 2.45) is 28.8 Å². The number of benzene rings is 1. The van der Waals surface area contributed by atoms with Crippen molar-refractivity contribution < 1.29 is 53.8 Å². The number of para-hydroxylation sites is 1. The van der Waals surface area contributed by atoms with E-state index in [0.717, 1.165) is 11.9 Å². The summed E-state index contributed by atoms with van der Waals surface area (Å²) in [6.07, 6.45) is -0.253. The van der Waals surface area contributed by atoms with Gasteiger partial charge in [0.1, 0.15) is 30.9 Å². The first kappa shape index (κ1) is 43.2. The van der Waals surface area contributed by atoms with Crippen LogP contribution in [0.4, 0.5) is 0 Å². The standard InChI is InChI=1S/C39H60N2O11/c1-8-33-29(23-43)20-24(2)14-15-31(40-49-19-18-48-30-12-10-9-11-13-30)25(3)21-28(16-17-42)38(26(4)32(44)22-34(45)51-33)52-39-37(47)35(41(6)7)36(46)27(5)50-39/h9-15,17,20,25-29,32-33,35-39,43-44,46-47H,8,16,18-19,21-23H2,1-7H3/t25-,26+,27?,28+,29?,32-,33-,35?,36?,37?,38-,39?/m1/s1. The Morgan fingerprint density at radius 1 is 1.04 bits per heavy atom. The quantitative estimate of drug-likeness (QED) is 0.107. The predicted octanol–water partition coefficient (Wildman–Crippen LogP) is 3.28. The number of allylic oxidation sites excluding steroid dienone is 3. The molecule has 6 unspecified atom stereocenters. The van der Waals surface area contributed by atoms with Crippen LogP contribution in [-0.2, 0) is 28.6 Å². The number of ether oxygens (including phenoxy) is 4. The first-order chi connectivity index (χ1) is 24.8. The Balaban J connectivity index is 2.02. The van der Waals surface area contributed by atoms with Gasteiger partial charge in [0.15, 0.2) is 12.9 Å². The topological polar surface area (TPSA) is 177 Å². The summed E-state index contributed by atoms with van der Waals surface area (Å²) in [5.74, 6) is -2.01. The third-order valence-corrected chi connectivity index (χ3v) is 9.95. The Labute approximate surface area is 308 Å². The lowest BCUT2D eigenvalue weighted by atomic mass is 9.79. The lowest BCUT2D eigenvalue weighted by Crippen LogP contribution is -2.63. The monoisotopic (exact) mass is 732 g/mol. The number of aldehydes is 1. The fraction of sp³-hybridized carbons (Fsp3) is 0.667. The van der Waals surface area contributed by atoms with Gasteiger partial charge in [0, 0.05) is 24.2 Å². The van der Waals surface area contributed by atoms with Crippen molar-refractivity contribution in [1.82, 2.24) is 4.90 Å². The second-order valence-electron chi connectivity index (χ2n) is 14.2. The van der Waals surface area contributed by atoms with Crippen molar-refractivity contribution in [3.05, 3.63) is 54.1 Å². The number of hydrogen-bond acceptors (Lipinski definition) is 13. The SMILES string of the molecule is CC[C@H]1OC(=O)C[C@@H](O)[C@H](C)[C@@H](OC2OC(C)C(O)C(N(C)C)C2O)[C@@H](CC=O)C[C@@H](C)C(=NOCCOc2ccccc2)C=CC(C)=CC1CO. The molecule has 13 nitrogen and oxygen atoms in total. The number of aliphatic hydroxyl groups is 4. The highest BCUT2D eigenvalue weighted by molar-refractivity contribution is 5.96. The van der Waals surface area contributed by atoms with Gasteiger partial charge in [-0.25, -0.2) is 0 Å². The number of oxime groups is 1. The minimum atomic E-state index is -1.27. The van der Waals surface area contributed by atoms with Crippen molar-refractivity contribution in [3.8, 4) is 5.75 Å². The molecule has 4 N–H and O–H groups in total. The van der Waals surface area contributed by atoms with Crippen LogP contribution in [0.1, 0.15) is 60.3 Å². The molecular formula is C39H60N2O11. The van der Waals surface area contributed by atoms with E-state index in [-0.39, 0.29) is 38.6 Å². The minimum absolute atomic E-state index is 0.0341. The van der Waals surface area contributed by atoms with Gasteiger partial charge in [-0.3, -0.25) is 4.79 Å². The Morgan fingerprint density at radius 2 is 1.75 bits per heavy atom. The summed E-state index contributed by atoms with van der Waals surface area (Å²) >= 11 is 0. The zero-order valence-electron chi connectivity index (χ0n) is 31.6. The van der Waals surface area contributed by atoms with E-state index in [2.05, 4.69) is 5.16 Å². The molecule has 0 saturated carbocycles. The van der Waals surface area contributed by atoms with Crippen LogP contribution >= 0.6 is 0 Å². The van der Waals surface area contributed by atoms with Gasteiger partial charge in [0.2, 0.25) is 0 Å². The van der Waals surface area contributed by atoms with Gasteiger partial charge in [0.05, 0.1) is 49.2 Å². The van der Waals surface area contributed by atoms with Crippen molar-refractivity contribution in [2.45, 2.75) is 109 Å². The van der Waals surface area contributed by atoms with E-state index < -0.39 is 72.7 Å². The third-order valence-electron chi connectivity index (χ3n) is 9.95. The van der Waals surface area contributed by atoms with E-state index in [0.29, 0.717) is 24.3 Å². The fourth-order valence-corrected chi connectivity index (χ4v) is 6.89. The number of carbonyl (C=O) groups is 2. The van der Waals surface area contributed by atoms with E-state index in [9.17, 15) is 30.0 Å². The molecule has 13 heteroatoms. The van der Waals surface area contributed by atoms with Crippen LogP contribution in [-0.4, -0.2) is 126 Å². The number of esters is 1. The fourth-order valence-electron chi connectivity index (χ4n) is 6.89. The van der Waals surface area contributed by atoms with Crippen LogP contribution in [0.5, 0.6) is 5.75 Å². The highest BCUT2D eigenvalue weighted by Crippen LogP contribution is 2.34. The molecule has 0 aliphatic carbocycles. The molecule has 0 aromatic heterocycles. The van der Waals surface area contributed by atoms with Gasteiger partial charge < -0.3 is 53.9 Å². The smallest absolute Gasteiger partial charge is 0.308 e. The van der Waals surface area contributed by atoms with E-state index in [1.54, 1.807) is 32.8 Å². The zero-order valence-corrected chi connectivity index (χ0v) is 31.6. The second kappa shape index (κ2) is 21.5. The lowest BCUT2D eigenvalue weighted by molar-refractivity contribution is -0.304. The molecule has 3 rings (SSSR count). The van der Waals surface area contributed by atoms with Crippen LogP contribution in [0.3, 0.4) is 0 Å². The maximum absolute atomic E-state index is 13.2. The van der Waals surface area contributed by atoms with Crippen LogP contribution < -0.4 is 4.74 Å². The van der Waals surface area contributed by atoms with Gasteiger partial charge in [0.25, 0.3) is 0 Å². The number of likely N-dealkylation sites (N-methyl/N-ethyl adjacent to an activating group) is 1. The first-order valence-corrected chi connectivity index (χ1v) is 18.3. The number of aliphatic hydroxyl groups excluding tert-OH is 4. The van der Waals surface area contributed by atoms with Gasteiger partial charge in [-0.15, -0.1) is 0 Å². The summed E-state index contributed by atoms with van der Waals surface area (Å²) in [7, 11) is 3.47. The number of nitrogens with zero attached hydrogens (tertiary/aromatic N) is 2. The van der Waals surface area contributed by atoms with E-state index >= 15 is 0 Å². The number of cyclic esters (lactones) is 1. The molecular weight excluding hydrogens is 672 g/mol. The highest BCUT2D eigenvalue weighted by atomic mass is 16.7. The Hall–Kier alpha value is -3.17. The van der Waals surface area contributed by atoms with E-state index in [1.165, 1.54) is 0 Å². The summed E-state index contributed by atoms with van der Waals surface area (Å²) in [4.78, 5) is 32.8. The average Bonchev–Trinajstić information content (AvgIpc) is 3.11. The summed E-state index contributed by atoms with van der Waals surface area (Å²) in [6.45, 7) is 9.24. The summed E-state index contributed by atoms with van der Waals surface area (Å²) in [5, 5.41) is 48.4. The molecule has 0 amide bonds. The number of hydrogen-bond donors (Lipinski definition) is 4. The third kappa shape index (κ3) is 12.5. The number of carbonyl (C=O) groups excluding carboxylic acids is 2. The van der Waals surface area contributed by atoms with Gasteiger partial charge in [-0.2, -0.15) is 0 Å². The lowest BCUT2D eigenvalue weighted by Gasteiger charge is -2.46. The predicted molar refractivity (Wildman–Crippen MR) is 195 cm³/mol. The first-order valence-electron chi connectivity index (χ1n) is 18.3.